The first-order chi connectivity index (χ1) is 9.93. The number of ether oxygens (including phenoxy) is 1. The maximum atomic E-state index is 10.6. The van der Waals surface area contributed by atoms with Gasteiger partial charge in [0.2, 0.25) is 0 Å². The summed E-state index contributed by atoms with van der Waals surface area (Å²) >= 11 is 5.09. The molecule has 0 spiro atoms. The second-order valence-electron chi connectivity index (χ2n) is 4.44. The van der Waals surface area contributed by atoms with Gasteiger partial charge in [-0.15, -0.1) is 0 Å². The van der Waals surface area contributed by atoms with Gasteiger partial charge in [-0.25, -0.2) is 0 Å². The first kappa shape index (κ1) is 17.0. The summed E-state index contributed by atoms with van der Waals surface area (Å²) in [5.41, 5.74) is 4.23. The monoisotopic (exact) mass is 310 g/mol. The van der Waals surface area contributed by atoms with Gasteiger partial charge in [0.25, 0.3) is 5.69 Å². The van der Waals surface area contributed by atoms with Crippen molar-refractivity contribution in [2.75, 3.05) is 13.7 Å². The smallest absolute Gasteiger partial charge is 0.269 e. The standard InChI is InChI=1S/C13H18N4O3S/c1-9(8-20-3)14-13(21)16-15-10(2)11-4-6-12(7-5-11)17(18)19/h4-7,9H,8H2,1-3H3,(H2,14,16,21)/b15-10-/t9-/m1/s1. The van der Waals surface area contributed by atoms with Crippen LogP contribution in [-0.4, -0.2) is 35.5 Å². The fraction of sp³-hybridized carbons (Fsp3) is 0.385. The van der Waals surface area contributed by atoms with E-state index in [2.05, 4.69) is 15.8 Å². The van der Waals surface area contributed by atoms with Crippen molar-refractivity contribution in [3.8, 4) is 0 Å². The average Bonchev–Trinajstić information content (AvgIpc) is 2.45. The summed E-state index contributed by atoms with van der Waals surface area (Å²) in [6, 6.07) is 6.23. The van der Waals surface area contributed by atoms with Crippen LogP contribution < -0.4 is 10.7 Å². The molecule has 8 heteroatoms. The lowest BCUT2D eigenvalue weighted by Crippen LogP contribution is -2.40. The predicted molar refractivity (Wildman–Crippen MR) is 85.5 cm³/mol. The summed E-state index contributed by atoms with van der Waals surface area (Å²) in [7, 11) is 1.62. The van der Waals surface area contributed by atoms with Gasteiger partial charge in [-0.1, -0.05) is 0 Å². The second-order valence-corrected chi connectivity index (χ2v) is 4.85. The van der Waals surface area contributed by atoms with E-state index in [1.165, 1.54) is 12.1 Å². The molecule has 0 bridgehead atoms. The zero-order valence-corrected chi connectivity index (χ0v) is 12.9. The van der Waals surface area contributed by atoms with Crippen LogP contribution in [0.1, 0.15) is 19.4 Å². The Balaban J connectivity index is 2.59. The molecular weight excluding hydrogens is 292 g/mol. The molecule has 0 fully saturated rings. The first-order valence-electron chi connectivity index (χ1n) is 6.28. The number of benzene rings is 1. The number of hydrogen-bond acceptors (Lipinski definition) is 5. The molecule has 0 aliphatic heterocycles. The van der Waals surface area contributed by atoms with Crippen LogP contribution in [-0.2, 0) is 4.74 Å². The van der Waals surface area contributed by atoms with Gasteiger partial charge in [0, 0.05) is 25.3 Å². The van der Waals surface area contributed by atoms with Gasteiger partial charge in [0.15, 0.2) is 5.11 Å². The normalized spacial score (nSPS) is 12.6. The molecule has 1 aromatic rings. The van der Waals surface area contributed by atoms with Gasteiger partial charge < -0.3 is 10.1 Å². The maximum absolute atomic E-state index is 10.6. The third-order valence-electron chi connectivity index (χ3n) is 2.62. The number of thiocarbonyl (C=S) groups is 1. The number of non-ortho nitro benzene ring substituents is 1. The lowest BCUT2D eigenvalue weighted by molar-refractivity contribution is -0.384. The molecule has 0 saturated heterocycles. The van der Waals surface area contributed by atoms with Gasteiger partial charge >= 0.3 is 0 Å². The van der Waals surface area contributed by atoms with Crippen molar-refractivity contribution in [3.05, 3.63) is 39.9 Å². The van der Waals surface area contributed by atoms with E-state index in [1.807, 2.05) is 6.92 Å². The van der Waals surface area contributed by atoms with Crippen LogP contribution in [0.2, 0.25) is 0 Å². The van der Waals surface area contributed by atoms with Crippen LogP contribution in [0.15, 0.2) is 29.4 Å². The van der Waals surface area contributed by atoms with E-state index in [9.17, 15) is 10.1 Å². The van der Waals surface area contributed by atoms with Crippen molar-refractivity contribution in [2.24, 2.45) is 5.10 Å². The Kier molecular flexibility index (Phi) is 6.70. The van der Waals surface area contributed by atoms with E-state index in [0.717, 1.165) is 5.56 Å². The van der Waals surface area contributed by atoms with Gasteiger partial charge in [0.1, 0.15) is 0 Å². The number of nitrogens with one attached hydrogen (secondary N) is 2. The minimum absolute atomic E-state index is 0.0464. The van der Waals surface area contributed by atoms with Crippen LogP contribution in [0.3, 0.4) is 0 Å². The number of hydrazone groups is 1. The molecule has 0 amide bonds. The highest BCUT2D eigenvalue weighted by Crippen LogP contribution is 2.12. The first-order valence-corrected chi connectivity index (χ1v) is 6.69. The Bertz CT molecular complexity index is 531. The second kappa shape index (κ2) is 8.28. The van der Waals surface area contributed by atoms with Crippen LogP contribution >= 0.6 is 12.2 Å². The summed E-state index contributed by atoms with van der Waals surface area (Å²) in [6.45, 7) is 4.26. The van der Waals surface area contributed by atoms with E-state index < -0.39 is 4.92 Å². The molecule has 0 saturated carbocycles. The fourth-order valence-electron chi connectivity index (χ4n) is 1.57. The number of rotatable bonds is 6. The SMILES string of the molecule is COC[C@@H](C)NC(=S)N/N=C(/C)c1ccc([N+](=O)[O-])cc1. The fourth-order valence-corrected chi connectivity index (χ4v) is 1.82. The summed E-state index contributed by atoms with van der Waals surface area (Å²) in [5.74, 6) is 0. The van der Waals surface area contributed by atoms with Crippen LogP contribution in [0.4, 0.5) is 5.69 Å². The predicted octanol–water partition coefficient (Wildman–Crippen LogP) is 1.82. The van der Waals surface area contributed by atoms with Crippen LogP contribution in [0.25, 0.3) is 0 Å². The molecular formula is C13H18N4O3S. The third-order valence-corrected chi connectivity index (χ3v) is 2.82. The Morgan fingerprint density at radius 2 is 2.10 bits per heavy atom. The Hall–Kier alpha value is -2.06. The average molecular weight is 310 g/mol. The van der Waals surface area contributed by atoms with Crippen molar-refractivity contribution >= 4 is 28.7 Å². The molecule has 0 aliphatic carbocycles. The number of nitro groups is 1. The largest absolute Gasteiger partial charge is 0.383 e. The molecule has 0 unspecified atom stereocenters. The summed E-state index contributed by atoms with van der Waals surface area (Å²) in [4.78, 5) is 10.1. The van der Waals surface area contributed by atoms with Crippen molar-refractivity contribution < 1.29 is 9.66 Å². The third kappa shape index (κ3) is 5.84. The number of hydrogen-bond donors (Lipinski definition) is 2. The van der Waals surface area contributed by atoms with E-state index >= 15 is 0 Å². The number of methoxy groups -OCH3 is 1. The molecule has 0 heterocycles. The molecule has 1 rings (SSSR count). The van der Waals surface area contributed by atoms with E-state index in [0.29, 0.717) is 17.4 Å². The Labute approximate surface area is 128 Å². The Morgan fingerprint density at radius 1 is 1.48 bits per heavy atom. The molecule has 21 heavy (non-hydrogen) atoms. The van der Waals surface area contributed by atoms with Crippen molar-refractivity contribution in [1.29, 1.82) is 0 Å². The molecule has 7 nitrogen and oxygen atoms in total. The molecule has 0 radical (unpaired) electrons. The van der Waals surface area contributed by atoms with E-state index in [4.69, 9.17) is 17.0 Å². The van der Waals surface area contributed by atoms with Gasteiger partial charge in [-0.05, 0) is 43.8 Å². The molecule has 114 valence electrons. The highest BCUT2D eigenvalue weighted by atomic mass is 32.1. The van der Waals surface area contributed by atoms with Crippen molar-refractivity contribution in [2.45, 2.75) is 19.9 Å². The lowest BCUT2D eigenvalue weighted by Gasteiger charge is -2.14. The molecule has 1 atom stereocenters. The summed E-state index contributed by atoms with van der Waals surface area (Å²) in [5, 5.41) is 18.1. The minimum Gasteiger partial charge on any atom is -0.383 e. The highest BCUT2D eigenvalue weighted by molar-refractivity contribution is 7.80. The number of nitrogens with zero attached hydrogens (tertiary/aromatic N) is 2. The molecule has 1 aromatic carbocycles. The van der Waals surface area contributed by atoms with Gasteiger partial charge in [-0.2, -0.15) is 5.10 Å². The molecule has 0 aromatic heterocycles. The zero-order chi connectivity index (χ0) is 15.8. The van der Waals surface area contributed by atoms with Crippen molar-refractivity contribution in [3.63, 3.8) is 0 Å². The summed E-state index contributed by atoms with van der Waals surface area (Å²) in [6.07, 6.45) is 0. The molecule has 0 aliphatic rings. The minimum atomic E-state index is -0.440. The summed E-state index contributed by atoms with van der Waals surface area (Å²) < 4.78 is 4.99. The van der Waals surface area contributed by atoms with Gasteiger partial charge in [-0.3, -0.25) is 15.5 Å². The van der Waals surface area contributed by atoms with Gasteiger partial charge in [0.05, 0.1) is 17.2 Å². The topological polar surface area (TPSA) is 88.8 Å². The highest BCUT2D eigenvalue weighted by Gasteiger charge is 2.06. The number of nitro benzene ring substituents is 1. The quantitative estimate of drug-likeness (QED) is 0.360. The zero-order valence-electron chi connectivity index (χ0n) is 12.1. The van der Waals surface area contributed by atoms with E-state index in [1.54, 1.807) is 26.2 Å². The Morgan fingerprint density at radius 3 is 2.62 bits per heavy atom. The molecule has 2 N–H and O–H groups in total. The lowest BCUT2D eigenvalue weighted by atomic mass is 10.1. The maximum Gasteiger partial charge on any atom is 0.269 e. The van der Waals surface area contributed by atoms with E-state index in [-0.39, 0.29) is 11.7 Å². The van der Waals surface area contributed by atoms with Crippen LogP contribution in [0, 0.1) is 10.1 Å². The van der Waals surface area contributed by atoms with Crippen molar-refractivity contribution in [1.82, 2.24) is 10.7 Å². The van der Waals surface area contributed by atoms with Crippen LogP contribution in [0.5, 0.6) is 0 Å².